The number of carbonyl (C=O) groups is 2. The molecule has 7 rings (SSSR count). The van der Waals surface area contributed by atoms with Gasteiger partial charge in [0.2, 0.25) is 6.79 Å². The standard InChI is InChI=1S/C45H55F2N8O12P.2Na/c1-3-41(32(2)67-44(58)64-31-63-42(56)7-5-4-6-22-66-68(59,60)61)55-43(57)54(30-50-55)37-11-9-35(10-12-37)51-18-20-52(21-19-51)36-13-15-38(16-14-36)62-25-33-24-45(65-26-33,27-53-29-48-28-49-53)39-17-8-34(46)23-40(39)47;;/h8-17,23,28-30,32-33,41H,3-7,18-22,24-27,31H2,1-2H3,(H2,59,60,61);;/q;2*+1/p-2/t32-,33+,41-,45-;;/m0../s1. The van der Waals surface area contributed by atoms with Crippen molar-refractivity contribution in [1.82, 2.24) is 29.1 Å². The maximum absolute atomic E-state index is 15.0. The molecular weight excluding hydrogens is 959 g/mol. The Morgan fingerprint density at radius 2 is 1.57 bits per heavy atom. The second kappa shape index (κ2) is 26.5. The van der Waals surface area contributed by atoms with Crippen LogP contribution >= 0.6 is 7.82 Å². The monoisotopic (exact) mass is 1010 g/mol. The minimum Gasteiger partial charge on any atom is -0.790 e. The largest absolute Gasteiger partial charge is 1.00 e. The number of halogens is 2. The van der Waals surface area contributed by atoms with Gasteiger partial charge in [-0.3, -0.25) is 4.79 Å². The SMILES string of the molecule is CC[C@@H]([C@H](C)OC(=O)OCOC(=O)CCCCCOP(=O)([O-])[O-])n1ncn(-c2ccc(N3CCN(c4ccc(OC[C@@H]5CO[C@@](Cn6cncn6)(c6ccc(F)cc6F)C5)cc4)CC3)cc2)c1=O.[Na+].[Na+]. The number of rotatable bonds is 22. The van der Waals surface area contributed by atoms with Crippen LogP contribution in [-0.4, -0.2) is 100 Å². The molecule has 4 atom stereocenters. The molecule has 20 nitrogen and oxygen atoms in total. The van der Waals surface area contributed by atoms with Crippen LogP contribution in [0.3, 0.4) is 0 Å². The molecule has 0 saturated carbocycles. The van der Waals surface area contributed by atoms with Crippen LogP contribution in [0.1, 0.15) is 64.0 Å². The molecule has 25 heteroatoms. The van der Waals surface area contributed by atoms with Crippen LogP contribution in [-0.2, 0) is 45.0 Å². The van der Waals surface area contributed by atoms with Crippen molar-refractivity contribution < 1.29 is 120 Å². The van der Waals surface area contributed by atoms with Crippen LogP contribution in [0, 0.1) is 17.6 Å². The molecule has 2 aliphatic heterocycles. The number of phosphoric ester groups is 1. The molecule has 2 aliphatic rings. The summed E-state index contributed by atoms with van der Waals surface area (Å²) < 4.78 is 75.2. The van der Waals surface area contributed by atoms with Crippen LogP contribution in [0.15, 0.2) is 90.5 Å². The Hall–Kier alpha value is -4.19. The third-order valence-electron chi connectivity index (χ3n) is 11.9. The fraction of sp³-hybridized carbons (Fsp3) is 0.467. The number of anilines is 2. The van der Waals surface area contributed by atoms with Gasteiger partial charge < -0.3 is 52.4 Å². The first-order chi connectivity index (χ1) is 32.7. The van der Waals surface area contributed by atoms with E-state index >= 15 is 4.39 Å². The molecule has 0 spiro atoms. The van der Waals surface area contributed by atoms with E-state index in [2.05, 4.69) is 29.5 Å². The van der Waals surface area contributed by atoms with Crippen LogP contribution in [0.2, 0.25) is 0 Å². The Morgan fingerprint density at radius 3 is 2.20 bits per heavy atom. The zero-order chi connectivity index (χ0) is 48.3. The van der Waals surface area contributed by atoms with Crippen molar-refractivity contribution in [2.75, 3.05) is 62.6 Å². The summed E-state index contributed by atoms with van der Waals surface area (Å²) in [5.41, 5.74) is 1.45. The third-order valence-corrected chi connectivity index (χ3v) is 12.4. The third kappa shape index (κ3) is 15.4. The molecule has 70 heavy (non-hydrogen) atoms. The molecule has 2 aromatic heterocycles. The van der Waals surface area contributed by atoms with Crippen molar-refractivity contribution >= 4 is 31.3 Å². The van der Waals surface area contributed by atoms with Crippen LogP contribution in [0.25, 0.3) is 5.69 Å². The van der Waals surface area contributed by atoms with Gasteiger partial charge in [-0.15, -0.1) is 0 Å². The Morgan fingerprint density at radius 1 is 0.900 bits per heavy atom. The summed E-state index contributed by atoms with van der Waals surface area (Å²) in [5.74, 6) is -1.34. The van der Waals surface area contributed by atoms with Crippen LogP contribution < -0.4 is 89.1 Å². The summed E-state index contributed by atoms with van der Waals surface area (Å²) in [6.07, 6.45) is 4.24. The van der Waals surface area contributed by atoms with E-state index < -0.39 is 61.8 Å². The van der Waals surface area contributed by atoms with E-state index in [1.165, 1.54) is 40.4 Å². The number of unbranched alkanes of at least 4 members (excludes halogenated alkanes) is 2. The number of phosphoric acid groups is 1. The number of benzene rings is 3. The summed E-state index contributed by atoms with van der Waals surface area (Å²) in [5, 5.41) is 8.49. The van der Waals surface area contributed by atoms with Crippen molar-refractivity contribution in [3.05, 3.63) is 113 Å². The van der Waals surface area contributed by atoms with Crippen molar-refractivity contribution in [2.24, 2.45) is 5.92 Å². The van der Waals surface area contributed by atoms with Gasteiger partial charge in [0.1, 0.15) is 48.1 Å². The fourth-order valence-electron chi connectivity index (χ4n) is 8.43. The average molecular weight is 1010 g/mol. The molecule has 0 bridgehead atoms. The molecule has 0 radical (unpaired) electrons. The molecule has 0 aliphatic carbocycles. The summed E-state index contributed by atoms with van der Waals surface area (Å²) in [6.45, 7) is 6.44. The Labute approximate surface area is 447 Å². The first-order valence-electron chi connectivity index (χ1n) is 22.3. The van der Waals surface area contributed by atoms with Gasteiger partial charge in [-0.1, -0.05) is 19.4 Å². The summed E-state index contributed by atoms with van der Waals surface area (Å²) in [6, 6.07) is 18.4. The number of hydrogen-bond acceptors (Lipinski definition) is 17. The molecule has 4 heterocycles. The number of aromatic nitrogens is 6. The number of esters is 1. The molecule has 366 valence electrons. The second-order valence-electron chi connectivity index (χ2n) is 16.5. The minimum atomic E-state index is -5.03. The maximum Gasteiger partial charge on any atom is 1.00 e. The van der Waals surface area contributed by atoms with Crippen molar-refractivity contribution in [3.63, 3.8) is 0 Å². The second-order valence-corrected chi connectivity index (χ2v) is 17.7. The van der Waals surface area contributed by atoms with Gasteiger partial charge >= 0.3 is 76.9 Å². The van der Waals surface area contributed by atoms with Gasteiger partial charge in [-0.05, 0) is 87.2 Å². The molecule has 0 amide bonds. The fourth-order valence-corrected chi connectivity index (χ4v) is 8.78. The zero-order valence-electron chi connectivity index (χ0n) is 39.6. The Kier molecular flexibility index (Phi) is 21.5. The normalized spacial score (nSPS) is 17.8. The quantitative estimate of drug-likeness (QED) is 0.0257. The summed E-state index contributed by atoms with van der Waals surface area (Å²) >= 11 is 0. The van der Waals surface area contributed by atoms with E-state index in [1.54, 1.807) is 11.6 Å². The smallest absolute Gasteiger partial charge is 0.790 e. The number of hydrogen-bond donors (Lipinski definition) is 0. The van der Waals surface area contributed by atoms with E-state index in [-0.39, 0.29) is 96.6 Å². The van der Waals surface area contributed by atoms with Crippen molar-refractivity contribution in [2.45, 2.75) is 76.7 Å². The first-order valence-corrected chi connectivity index (χ1v) is 23.7. The number of piperazine rings is 1. The number of carbonyl (C=O) groups excluding carboxylic acids is 2. The predicted molar refractivity (Wildman–Crippen MR) is 236 cm³/mol. The average Bonchev–Trinajstić information content (AvgIpc) is 4.08. The molecule has 2 saturated heterocycles. The van der Waals surface area contributed by atoms with Crippen molar-refractivity contribution in [3.8, 4) is 11.4 Å². The maximum atomic E-state index is 15.0. The van der Waals surface area contributed by atoms with Gasteiger partial charge in [0.25, 0.3) is 0 Å². The van der Waals surface area contributed by atoms with E-state index in [0.717, 1.165) is 43.6 Å². The van der Waals surface area contributed by atoms with Gasteiger partial charge in [0, 0.05) is 61.5 Å². The number of nitrogens with zero attached hydrogens (tertiary/aromatic N) is 8. The Balaban J connectivity index is 0.00000456. The minimum absolute atomic E-state index is 0. The molecule has 0 unspecified atom stereocenters. The van der Waals surface area contributed by atoms with E-state index in [9.17, 15) is 33.1 Å². The van der Waals surface area contributed by atoms with E-state index in [4.69, 9.17) is 23.7 Å². The predicted octanol–water partition coefficient (Wildman–Crippen LogP) is -1.35. The van der Waals surface area contributed by atoms with Gasteiger partial charge in [-0.25, -0.2) is 37.3 Å². The first kappa shape index (κ1) is 56.7. The zero-order valence-corrected chi connectivity index (χ0v) is 44.5. The van der Waals surface area contributed by atoms with Crippen LogP contribution in [0.5, 0.6) is 5.75 Å². The molecule has 3 aromatic carbocycles. The van der Waals surface area contributed by atoms with Gasteiger partial charge in [0.15, 0.2) is 0 Å². The molecule has 2 fully saturated rings. The van der Waals surface area contributed by atoms with Crippen LogP contribution in [0.4, 0.5) is 25.0 Å². The number of ether oxygens (including phenoxy) is 5. The molecular formula is C45H53F2N8Na2O12P. The van der Waals surface area contributed by atoms with E-state index in [1.807, 2.05) is 55.5 Å². The van der Waals surface area contributed by atoms with Gasteiger partial charge in [0.05, 0.1) is 45.9 Å². The van der Waals surface area contributed by atoms with Crippen molar-refractivity contribution in [1.29, 1.82) is 0 Å². The van der Waals surface area contributed by atoms with Gasteiger partial charge in [-0.2, -0.15) is 10.2 Å². The Bertz CT molecular complexity index is 2550. The molecule has 0 N–H and O–H groups in total. The topological polar surface area (TPSA) is 230 Å². The summed E-state index contributed by atoms with van der Waals surface area (Å²) in [4.78, 5) is 67.3. The summed E-state index contributed by atoms with van der Waals surface area (Å²) in [7, 11) is -5.03. The van der Waals surface area contributed by atoms with E-state index in [0.29, 0.717) is 50.3 Å². The molecule has 5 aromatic rings.